The number of aromatic nitrogens is 1. The maximum absolute atomic E-state index is 5.35. The molecule has 0 unspecified atom stereocenters. The zero-order valence-electron chi connectivity index (χ0n) is 15.2. The fourth-order valence-corrected chi connectivity index (χ4v) is 3.04. The Kier molecular flexibility index (Phi) is 6.25. The van der Waals surface area contributed by atoms with Gasteiger partial charge in [-0.25, -0.2) is 4.98 Å². The van der Waals surface area contributed by atoms with E-state index < -0.39 is 0 Å². The highest BCUT2D eigenvalue weighted by atomic mass is 32.1. The molecule has 0 amide bonds. The minimum Gasteiger partial charge on any atom is -0.493 e. The summed E-state index contributed by atoms with van der Waals surface area (Å²) in [7, 11) is 3.78. The predicted octanol–water partition coefficient (Wildman–Crippen LogP) is 2.33. The third kappa shape index (κ3) is 4.83. The highest BCUT2D eigenvalue weighted by Crippen LogP contribution is 2.20. The van der Waals surface area contributed by atoms with E-state index in [0.717, 1.165) is 26.2 Å². The number of nitrogens with one attached hydrogen (secondary N) is 2. The number of piperazine rings is 1. The van der Waals surface area contributed by atoms with Crippen molar-refractivity contribution in [3.05, 3.63) is 48.2 Å². The molecule has 1 saturated heterocycles. The van der Waals surface area contributed by atoms with Crippen molar-refractivity contribution in [1.29, 1.82) is 0 Å². The molecular formula is C19H25N5OS. The number of hydrogen-bond acceptors (Lipinski definition) is 5. The lowest BCUT2D eigenvalue weighted by atomic mass is 10.2. The monoisotopic (exact) mass is 371 g/mol. The van der Waals surface area contributed by atoms with Crippen LogP contribution in [0.25, 0.3) is 0 Å². The van der Waals surface area contributed by atoms with Crippen LogP contribution in [-0.4, -0.2) is 55.3 Å². The van der Waals surface area contributed by atoms with Crippen molar-refractivity contribution < 1.29 is 4.74 Å². The minimum atomic E-state index is 0.519. The normalized spacial score (nSPS) is 14.8. The smallest absolute Gasteiger partial charge is 0.174 e. The quantitative estimate of drug-likeness (QED) is 0.783. The number of hydrogen-bond donors (Lipinski definition) is 2. The van der Waals surface area contributed by atoms with Crippen molar-refractivity contribution in [2.45, 2.75) is 6.54 Å². The van der Waals surface area contributed by atoms with Crippen LogP contribution in [0.15, 0.2) is 42.6 Å². The number of likely N-dealkylation sites (N-methyl/N-ethyl adjacent to an activating group) is 1. The molecule has 1 fully saturated rings. The van der Waals surface area contributed by atoms with Gasteiger partial charge in [-0.1, -0.05) is 12.1 Å². The molecule has 1 aliphatic rings. The zero-order valence-corrected chi connectivity index (χ0v) is 16.1. The van der Waals surface area contributed by atoms with E-state index in [-0.39, 0.29) is 0 Å². The number of benzene rings is 1. The Hall–Kier alpha value is -2.38. The van der Waals surface area contributed by atoms with E-state index in [1.807, 2.05) is 12.1 Å². The van der Waals surface area contributed by atoms with Crippen LogP contribution >= 0.6 is 12.2 Å². The summed E-state index contributed by atoms with van der Waals surface area (Å²) in [6.07, 6.45) is 1.70. The lowest BCUT2D eigenvalue weighted by Gasteiger charge is -2.34. The van der Waals surface area contributed by atoms with Gasteiger partial charge in [-0.05, 0) is 49.1 Å². The molecule has 2 N–H and O–H groups in total. The standard InChI is InChI=1S/C19H25N5OS/c1-23-10-12-24(13-11-23)16-7-5-15(6-8-16)14-21-19(26)22-18-17(25-2)4-3-9-20-18/h3-9H,10-14H2,1-2H3,(H2,20,21,22,26). The molecule has 0 radical (unpaired) electrons. The lowest BCUT2D eigenvalue weighted by Crippen LogP contribution is -2.44. The maximum atomic E-state index is 5.35. The molecular weight excluding hydrogens is 346 g/mol. The van der Waals surface area contributed by atoms with Gasteiger partial charge in [0.15, 0.2) is 16.7 Å². The Morgan fingerprint density at radius 3 is 2.58 bits per heavy atom. The van der Waals surface area contributed by atoms with Crippen LogP contribution in [0.1, 0.15) is 5.56 Å². The van der Waals surface area contributed by atoms with Crippen LogP contribution in [0.2, 0.25) is 0 Å². The van der Waals surface area contributed by atoms with Gasteiger partial charge in [-0.15, -0.1) is 0 Å². The summed E-state index contributed by atoms with van der Waals surface area (Å²) < 4.78 is 5.27. The second-order valence-corrected chi connectivity index (χ2v) is 6.73. The maximum Gasteiger partial charge on any atom is 0.174 e. The summed E-state index contributed by atoms with van der Waals surface area (Å²) in [6, 6.07) is 12.3. The number of nitrogens with zero attached hydrogens (tertiary/aromatic N) is 3. The van der Waals surface area contributed by atoms with E-state index in [0.29, 0.717) is 23.2 Å². The van der Waals surface area contributed by atoms with Crippen molar-refractivity contribution >= 4 is 28.8 Å². The Balaban J connectivity index is 1.50. The fraction of sp³-hybridized carbons (Fsp3) is 0.368. The summed E-state index contributed by atoms with van der Waals surface area (Å²) >= 11 is 5.35. The summed E-state index contributed by atoms with van der Waals surface area (Å²) in [5.74, 6) is 1.27. The molecule has 2 heterocycles. The summed E-state index contributed by atoms with van der Waals surface area (Å²) in [4.78, 5) is 9.03. The van der Waals surface area contributed by atoms with Crippen LogP contribution in [0.4, 0.5) is 11.5 Å². The van der Waals surface area contributed by atoms with Crippen LogP contribution in [0.5, 0.6) is 5.75 Å². The van der Waals surface area contributed by atoms with Crippen molar-refractivity contribution in [3.63, 3.8) is 0 Å². The summed E-state index contributed by atoms with van der Waals surface area (Å²) in [5.41, 5.74) is 2.46. The molecule has 0 spiro atoms. The number of pyridine rings is 1. The molecule has 3 rings (SSSR count). The van der Waals surface area contributed by atoms with Gasteiger partial charge in [0, 0.05) is 44.6 Å². The molecule has 7 heteroatoms. The average molecular weight is 372 g/mol. The van der Waals surface area contributed by atoms with Crippen molar-refractivity contribution in [2.75, 3.05) is 50.6 Å². The van der Waals surface area contributed by atoms with Crippen LogP contribution in [0, 0.1) is 0 Å². The number of rotatable bonds is 5. The van der Waals surface area contributed by atoms with Gasteiger partial charge in [-0.2, -0.15) is 0 Å². The topological polar surface area (TPSA) is 52.7 Å². The highest BCUT2D eigenvalue weighted by Gasteiger charge is 2.14. The van der Waals surface area contributed by atoms with Gasteiger partial charge in [0.2, 0.25) is 0 Å². The molecule has 2 aromatic rings. The van der Waals surface area contributed by atoms with Crippen molar-refractivity contribution in [1.82, 2.24) is 15.2 Å². The third-order valence-corrected chi connectivity index (χ3v) is 4.73. The van der Waals surface area contributed by atoms with Gasteiger partial charge < -0.3 is 25.2 Å². The van der Waals surface area contributed by atoms with E-state index in [2.05, 4.69) is 56.7 Å². The van der Waals surface area contributed by atoms with E-state index in [4.69, 9.17) is 17.0 Å². The molecule has 26 heavy (non-hydrogen) atoms. The van der Waals surface area contributed by atoms with Crippen molar-refractivity contribution in [2.24, 2.45) is 0 Å². The average Bonchev–Trinajstić information content (AvgIpc) is 2.68. The van der Waals surface area contributed by atoms with Gasteiger partial charge in [-0.3, -0.25) is 0 Å². The zero-order chi connectivity index (χ0) is 18.4. The Morgan fingerprint density at radius 2 is 1.88 bits per heavy atom. The van der Waals surface area contributed by atoms with Gasteiger partial charge in [0.05, 0.1) is 7.11 Å². The molecule has 6 nitrogen and oxygen atoms in total. The van der Waals surface area contributed by atoms with E-state index >= 15 is 0 Å². The largest absolute Gasteiger partial charge is 0.493 e. The second kappa shape index (κ2) is 8.82. The molecule has 0 atom stereocenters. The molecule has 138 valence electrons. The van der Waals surface area contributed by atoms with Crippen molar-refractivity contribution in [3.8, 4) is 5.75 Å². The van der Waals surface area contributed by atoms with E-state index in [9.17, 15) is 0 Å². The number of anilines is 2. The molecule has 1 aromatic heterocycles. The second-order valence-electron chi connectivity index (χ2n) is 6.32. The molecule has 0 bridgehead atoms. The third-order valence-electron chi connectivity index (χ3n) is 4.48. The Labute approximate surface area is 160 Å². The first-order valence-corrected chi connectivity index (χ1v) is 9.13. The molecule has 0 aliphatic carbocycles. The van der Waals surface area contributed by atoms with Crippen LogP contribution in [-0.2, 0) is 6.54 Å². The number of methoxy groups -OCH3 is 1. The first kappa shape index (κ1) is 18.4. The SMILES string of the molecule is COc1cccnc1NC(=S)NCc1ccc(N2CCN(C)CC2)cc1. The molecule has 1 aromatic carbocycles. The highest BCUT2D eigenvalue weighted by molar-refractivity contribution is 7.80. The fourth-order valence-electron chi connectivity index (χ4n) is 2.87. The Bertz CT molecular complexity index is 729. The van der Waals surface area contributed by atoms with E-state index in [1.165, 1.54) is 11.3 Å². The van der Waals surface area contributed by atoms with Gasteiger partial charge in [0.1, 0.15) is 0 Å². The predicted molar refractivity (Wildman–Crippen MR) is 110 cm³/mol. The van der Waals surface area contributed by atoms with Crippen LogP contribution < -0.4 is 20.3 Å². The first-order valence-electron chi connectivity index (χ1n) is 8.72. The summed E-state index contributed by atoms with van der Waals surface area (Å²) in [6.45, 7) is 5.03. The van der Waals surface area contributed by atoms with Gasteiger partial charge >= 0.3 is 0 Å². The van der Waals surface area contributed by atoms with Crippen LogP contribution in [0.3, 0.4) is 0 Å². The van der Waals surface area contributed by atoms with E-state index in [1.54, 1.807) is 13.3 Å². The molecule has 0 saturated carbocycles. The Morgan fingerprint density at radius 1 is 1.15 bits per heavy atom. The lowest BCUT2D eigenvalue weighted by molar-refractivity contribution is 0.313. The number of thiocarbonyl (C=S) groups is 1. The first-order chi connectivity index (χ1) is 12.7. The molecule has 1 aliphatic heterocycles. The minimum absolute atomic E-state index is 0.519. The summed E-state index contributed by atoms with van der Waals surface area (Å²) in [5, 5.41) is 6.80. The number of ether oxygens (including phenoxy) is 1. The van der Waals surface area contributed by atoms with Gasteiger partial charge in [0.25, 0.3) is 0 Å².